The van der Waals surface area contributed by atoms with Crippen LogP contribution in [0.15, 0.2) is 11.6 Å². The Morgan fingerprint density at radius 2 is 2.00 bits per heavy atom. The molecule has 7 atom stereocenters. The SMILES string of the molecule is CC1=CCC(C(C)(O)CO[C@@H]2O[C@H](C(=O)O)[C@@H](O)[C@H](O)[C@H]2O)CC1. The van der Waals surface area contributed by atoms with E-state index in [1.807, 2.05) is 6.92 Å². The molecule has 2 aliphatic rings. The Kier molecular flexibility index (Phi) is 6.00. The van der Waals surface area contributed by atoms with E-state index in [1.165, 1.54) is 5.57 Å². The van der Waals surface area contributed by atoms with Gasteiger partial charge in [-0.1, -0.05) is 11.6 Å². The highest BCUT2D eigenvalue weighted by Gasteiger charge is 2.48. The lowest BCUT2D eigenvalue weighted by atomic mass is 9.79. The van der Waals surface area contributed by atoms with Gasteiger partial charge in [0, 0.05) is 0 Å². The van der Waals surface area contributed by atoms with Gasteiger partial charge in [0.1, 0.15) is 18.3 Å². The fraction of sp³-hybridized carbons (Fsp3) is 0.812. The van der Waals surface area contributed by atoms with Crippen LogP contribution in [0.5, 0.6) is 0 Å². The Morgan fingerprint density at radius 3 is 2.54 bits per heavy atom. The third-order valence-corrected chi connectivity index (χ3v) is 4.87. The summed E-state index contributed by atoms with van der Waals surface area (Å²) in [5.74, 6) is -1.51. The highest BCUT2D eigenvalue weighted by Crippen LogP contribution is 2.33. The Hall–Kier alpha value is -1.03. The molecular weight excluding hydrogens is 320 g/mol. The summed E-state index contributed by atoms with van der Waals surface area (Å²) in [6.45, 7) is 3.45. The van der Waals surface area contributed by atoms with Crippen LogP contribution in [0.3, 0.4) is 0 Å². The first kappa shape index (κ1) is 19.3. The molecule has 1 aliphatic carbocycles. The zero-order chi connectivity index (χ0) is 18.1. The highest BCUT2D eigenvalue weighted by molar-refractivity contribution is 5.73. The fourth-order valence-corrected chi connectivity index (χ4v) is 3.09. The number of rotatable bonds is 5. The van der Waals surface area contributed by atoms with Gasteiger partial charge in [-0.15, -0.1) is 0 Å². The van der Waals surface area contributed by atoms with Crippen LogP contribution in [-0.2, 0) is 14.3 Å². The molecule has 1 fully saturated rings. The van der Waals surface area contributed by atoms with Gasteiger partial charge in [-0.3, -0.25) is 0 Å². The summed E-state index contributed by atoms with van der Waals surface area (Å²) in [4.78, 5) is 11.1. The predicted octanol–water partition coefficient (Wildman–Crippen LogP) is -0.607. The van der Waals surface area contributed by atoms with Gasteiger partial charge in [0.15, 0.2) is 12.4 Å². The first-order chi connectivity index (χ1) is 11.1. The van der Waals surface area contributed by atoms with Crippen molar-refractivity contribution in [3.8, 4) is 0 Å². The molecule has 0 radical (unpaired) electrons. The summed E-state index contributed by atoms with van der Waals surface area (Å²) in [7, 11) is 0. The van der Waals surface area contributed by atoms with Crippen molar-refractivity contribution in [2.24, 2.45) is 5.92 Å². The molecule has 0 aromatic heterocycles. The van der Waals surface area contributed by atoms with E-state index in [2.05, 4.69) is 6.08 Å². The van der Waals surface area contributed by atoms with Crippen LogP contribution >= 0.6 is 0 Å². The first-order valence-corrected chi connectivity index (χ1v) is 8.05. The maximum Gasteiger partial charge on any atom is 0.335 e. The summed E-state index contributed by atoms with van der Waals surface area (Å²) < 4.78 is 10.4. The first-order valence-electron chi connectivity index (χ1n) is 8.05. The van der Waals surface area contributed by atoms with E-state index in [-0.39, 0.29) is 12.5 Å². The van der Waals surface area contributed by atoms with Gasteiger partial charge < -0.3 is 35.0 Å². The van der Waals surface area contributed by atoms with Crippen molar-refractivity contribution in [2.75, 3.05) is 6.61 Å². The maximum absolute atomic E-state index is 11.1. The molecule has 8 heteroatoms. The highest BCUT2D eigenvalue weighted by atomic mass is 16.7. The molecule has 0 spiro atoms. The van der Waals surface area contributed by atoms with Crippen molar-refractivity contribution < 1.29 is 39.8 Å². The second kappa shape index (κ2) is 7.47. The minimum atomic E-state index is -1.76. The maximum atomic E-state index is 11.1. The Bertz CT molecular complexity index is 488. The largest absolute Gasteiger partial charge is 0.479 e. The van der Waals surface area contributed by atoms with Gasteiger partial charge in [-0.05, 0) is 39.0 Å². The normalized spacial score (nSPS) is 39.8. The molecule has 0 aromatic carbocycles. The van der Waals surface area contributed by atoms with E-state index in [9.17, 15) is 25.2 Å². The number of allylic oxidation sites excluding steroid dienone is 2. The second-order valence-corrected chi connectivity index (χ2v) is 6.93. The number of carbonyl (C=O) groups is 1. The standard InChI is InChI=1S/C16H26O8/c1-8-3-5-9(6-4-8)16(2,22)7-23-15-12(19)10(17)11(18)13(24-15)14(20)21/h3,9-13,15,17-19,22H,4-7H2,1-2H3,(H,20,21)/t9?,10-,11-,12+,13-,15+,16?/m0/s1. The third-order valence-electron chi connectivity index (χ3n) is 4.87. The lowest BCUT2D eigenvalue weighted by Gasteiger charge is -2.40. The Morgan fingerprint density at radius 1 is 1.33 bits per heavy atom. The number of hydrogen-bond donors (Lipinski definition) is 5. The van der Waals surface area contributed by atoms with Gasteiger partial charge in [-0.2, -0.15) is 0 Å². The molecule has 8 nitrogen and oxygen atoms in total. The molecule has 2 unspecified atom stereocenters. The van der Waals surface area contributed by atoms with Crippen molar-refractivity contribution >= 4 is 5.97 Å². The average Bonchev–Trinajstić information content (AvgIpc) is 2.52. The van der Waals surface area contributed by atoms with Crippen molar-refractivity contribution in [3.63, 3.8) is 0 Å². The molecule has 0 amide bonds. The molecule has 24 heavy (non-hydrogen) atoms. The summed E-state index contributed by atoms with van der Waals surface area (Å²) in [6.07, 6.45) is -3.79. The number of carboxylic acids is 1. The third kappa shape index (κ3) is 4.14. The van der Waals surface area contributed by atoms with E-state index in [0.29, 0.717) is 6.42 Å². The molecule has 0 bridgehead atoms. The zero-order valence-corrected chi connectivity index (χ0v) is 13.8. The predicted molar refractivity (Wildman–Crippen MR) is 82.0 cm³/mol. The zero-order valence-electron chi connectivity index (χ0n) is 13.8. The van der Waals surface area contributed by atoms with Crippen molar-refractivity contribution in [1.82, 2.24) is 0 Å². The number of carboxylic acid groups (broad SMARTS) is 1. The van der Waals surface area contributed by atoms with Gasteiger partial charge in [0.05, 0.1) is 12.2 Å². The van der Waals surface area contributed by atoms with Crippen molar-refractivity contribution in [3.05, 3.63) is 11.6 Å². The van der Waals surface area contributed by atoms with Gasteiger partial charge in [0.25, 0.3) is 0 Å². The molecule has 0 aromatic rings. The van der Waals surface area contributed by atoms with Crippen LogP contribution in [0.4, 0.5) is 0 Å². The minimum Gasteiger partial charge on any atom is -0.479 e. The Labute approximate surface area is 140 Å². The number of hydrogen-bond acceptors (Lipinski definition) is 7. The lowest BCUT2D eigenvalue weighted by molar-refractivity contribution is -0.303. The molecular formula is C16H26O8. The fourth-order valence-electron chi connectivity index (χ4n) is 3.09. The monoisotopic (exact) mass is 346 g/mol. The van der Waals surface area contributed by atoms with Crippen molar-refractivity contribution in [2.45, 2.75) is 69.4 Å². The summed E-state index contributed by atoms with van der Waals surface area (Å²) in [5, 5.41) is 48.9. The van der Waals surface area contributed by atoms with Crippen molar-refractivity contribution in [1.29, 1.82) is 0 Å². The van der Waals surface area contributed by atoms with E-state index in [0.717, 1.165) is 12.8 Å². The molecule has 1 aliphatic heterocycles. The van der Waals surface area contributed by atoms with Crippen LogP contribution in [-0.4, -0.2) is 74.4 Å². The average molecular weight is 346 g/mol. The van der Waals surface area contributed by atoms with Crippen LogP contribution in [0.25, 0.3) is 0 Å². The molecule has 0 saturated carbocycles. The van der Waals surface area contributed by atoms with Crippen LogP contribution < -0.4 is 0 Å². The number of ether oxygens (including phenoxy) is 2. The van der Waals surface area contributed by atoms with Gasteiger partial charge >= 0.3 is 5.97 Å². The van der Waals surface area contributed by atoms with Crippen LogP contribution in [0.1, 0.15) is 33.1 Å². The molecule has 138 valence electrons. The van der Waals surface area contributed by atoms with Gasteiger partial charge in [-0.25, -0.2) is 4.79 Å². The number of aliphatic hydroxyl groups excluding tert-OH is 3. The van der Waals surface area contributed by atoms with Gasteiger partial charge in [0.2, 0.25) is 0 Å². The van der Waals surface area contributed by atoms with E-state index in [4.69, 9.17) is 14.6 Å². The number of aliphatic carboxylic acids is 1. The van der Waals surface area contributed by atoms with E-state index in [1.54, 1.807) is 6.92 Å². The molecule has 2 rings (SSSR count). The summed E-state index contributed by atoms with van der Waals surface area (Å²) in [5.41, 5.74) is 0.0791. The quantitative estimate of drug-likeness (QED) is 0.416. The molecule has 1 heterocycles. The van der Waals surface area contributed by atoms with Crippen LogP contribution in [0, 0.1) is 5.92 Å². The van der Waals surface area contributed by atoms with E-state index < -0.39 is 42.3 Å². The minimum absolute atomic E-state index is 0.0345. The summed E-state index contributed by atoms with van der Waals surface area (Å²) in [6, 6.07) is 0. The lowest BCUT2D eigenvalue weighted by Crippen LogP contribution is -2.61. The van der Waals surface area contributed by atoms with Crippen LogP contribution in [0.2, 0.25) is 0 Å². The number of aliphatic hydroxyl groups is 4. The second-order valence-electron chi connectivity index (χ2n) is 6.93. The summed E-state index contributed by atoms with van der Waals surface area (Å²) >= 11 is 0. The topological polar surface area (TPSA) is 137 Å². The Balaban J connectivity index is 1.98. The molecule has 1 saturated heterocycles. The van der Waals surface area contributed by atoms with E-state index >= 15 is 0 Å². The molecule has 5 N–H and O–H groups in total. The smallest absolute Gasteiger partial charge is 0.335 e.